The molecule has 2 aliphatic heterocycles. The van der Waals surface area contributed by atoms with Gasteiger partial charge in [0.1, 0.15) is 12.0 Å². The van der Waals surface area contributed by atoms with Crippen LogP contribution in [0, 0.1) is 11.8 Å². The normalized spacial score (nSPS) is 30.2. The molecule has 1 aromatic carbocycles. The average molecular weight is 483 g/mol. The van der Waals surface area contributed by atoms with Crippen LogP contribution in [0.5, 0.6) is 0 Å². The van der Waals surface area contributed by atoms with E-state index in [2.05, 4.69) is 20.1 Å². The summed E-state index contributed by atoms with van der Waals surface area (Å²) in [5.74, 6) is -1.61. The van der Waals surface area contributed by atoms with E-state index in [0.29, 0.717) is 43.6 Å². The number of carbonyl (C=O) groups excluding carboxylic acids is 1. The minimum Gasteiger partial charge on any atom is -0.376 e. The number of fused-ring (bicyclic) bond motifs is 1. The SMILES string of the molecule is C[C@@]1(N2CCN(c3cc4cc(NC(=O)[C@@H]5C[C@H]5C(F)F)ncc4cc3Cl)CC2)COC[C@@H]1F. The maximum atomic E-state index is 14.4. The summed E-state index contributed by atoms with van der Waals surface area (Å²) in [5, 5.41) is 4.89. The summed E-state index contributed by atoms with van der Waals surface area (Å²) in [6.07, 6.45) is -1.66. The maximum absolute atomic E-state index is 14.4. The number of hydrogen-bond acceptors (Lipinski definition) is 5. The monoisotopic (exact) mass is 482 g/mol. The third-order valence-electron chi connectivity index (χ3n) is 7.21. The number of anilines is 2. The summed E-state index contributed by atoms with van der Waals surface area (Å²) >= 11 is 6.57. The first-order valence-electron chi connectivity index (χ1n) is 11.2. The van der Waals surface area contributed by atoms with Crippen molar-refractivity contribution in [3.05, 3.63) is 29.4 Å². The zero-order valence-corrected chi connectivity index (χ0v) is 19.0. The fourth-order valence-corrected chi connectivity index (χ4v) is 5.16. The van der Waals surface area contributed by atoms with Gasteiger partial charge >= 0.3 is 0 Å². The van der Waals surface area contributed by atoms with Crippen molar-refractivity contribution in [2.24, 2.45) is 11.8 Å². The highest BCUT2D eigenvalue weighted by atomic mass is 35.5. The summed E-state index contributed by atoms with van der Waals surface area (Å²) in [6, 6.07) is 5.50. The molecule has 3 aliphatic rings. The van der Waals surface area contributed by atoms with Crippen molar-refractivity contribution < 1.29 is 22.7 Å². The maximum Gasteiger partial charge on any atom is 0.242 e. The zero-order chi connectivity index (χ0) is 23.3. The molecule has 1 aliphatic carbocycles. The van der Waals surface area contributed by atoms with Gasteiger partial charge < -0.3 is 15.0 Å². The Morgan fingerprint density at radius 3 is 2.64 bits per heavy atom. The van der Waals surface area contributed by atoms with E-state index in [9.17, 15) is 18.0 Å². The van der Waals surface area contributed by atoms with Crippen molar-refractivity contribution in [3.63, 3.8) is 0 Å². The quantitative estimate of drug-likeness (QED) is 0.698. The first kappa shape index (κ1) is 22.7. The Hall–Kier alpha value is -2.10. The fourth-order valence-electron chi connectivity index (χ4n) is 4.86. The van der Waals surface area contributed by atoms with Crippen molar-refractivity contribution in [1.29, 1.82) is 0 Å². The molecule has 0 spiro atoms. The smallest absolute Gasteiger partial charge is 0.242 e. The minimum atomic E-state index is -2.48. The van der Waals surface area contributed by atoms with Crippen LogP contribution < -0.4 is 10.2 Å². The van der Waals surface area contributed by atoms with Gasteiger partial charge in [0.05, 0.1) is 29.5 Å². The van der Waals surface area contributed by atoms with Crippen LogP contribution >= 0.6 is 11.6 Å². The van der Waals surface area contributed by atoms with E-state index in [-0.39, 0.29) is 13.0 Å². The molecule has 0 bridgehead atoms. The van der Waals surface area contributed by atoms with Crippen LogP contribution in [0.4, 0.5) is 24.7 Å². The second-order valence-electron chi connectivity index (χ2n) is 9.36. The van der Waals surface area contributed by atoms with E-state index in [1.54, 1.807) is 12.3 Å². The van der Waals surface area contributed by atoms with Crippen LogP contribution in [-0.4, -0.2) is 73.3 Å². The summed E-state index contributed by atoms with van der Waals surface area (Å²) < 4.78 is 45.2. The molecule has 2 saturated heterocycles. The van der Waals surface area contributed by atoms with Crippen LogP contribution in [0.25, 0.3) is 10.8 Å². The van der Waals surface area contributed by atoms with Crippen LogP contribution in [0.2, 0.25) is 5.02 Å². The van der Waals surface area contributed by atoms with E-state index >= 15 is 0 Å². The Kier molecular flexibility index (Phi) is 5.91. The summed E-state index contributed by atoms with van der Waals surface area (Å²) in [7, 11) is 0. The molecule has 1 amide bonds. The predicted octanol–water partition coefficient (Wildman–Crippen LogP) is 3.98. The lowest BCUT2D eigenvalue weighted by Gasteiger charge is -2.44. The number of benzene rings is 1. The molecular weight excluding hydrogens is 457 g/mol. The number of rotatable bonds is 5. The number of alkyl halides is 3. The largest absolute Gasteiger partial charge is 0.376 e. The lowest BCUT2D eigenvalue weighted by molar-refractivity contribution is -0.118. The molecule has 1 saturated carbocycles. The number of ether oxygens (including phenoxy) is 1. The van der Waals surface area contributed by atoms with Gasteiger partial charge in [0.15, 0.2) is 0 Å². The van der Waals surface area contributed by atoms with Gasteiger partial charge in [-0.05, 0) is 36.9 Å². The standard InChI is InChI=1S/C23H26ClF3N4O2/c1-23(12-33-11-19(23)25)31-4-2-30(3-5-31)18-7-13-8-20(28-10-14(13)6-17(18)24)29-22(32)16-9-15(16)21(26)27/h6-8,10,15-16,19,21H,2-5,9,11-12H2,1H3,(H,28,29,32)/t15-,16-,19+,23-/m1/s1. The minimum absolute atomic E-state index is 0.143. The molecule has 2 aromatic rings. The van der Waals surface area contributed by atoms with Crippen molar-refractivity contribution >= 4 is 39.8 Å². The van der Waals surface area contributed by atoms with Crippen molar-refractivity contribution in [1.82, 2.24) is 9.88 Å². The molecule has 6 nitrogen and oxygen atoms in total. The van der Waals surface area contributed by atoms with Gasteiger partial charge in [-0.3, -0.25) is 9.69 Å². The predicted molar refractivity (Wildman–Crippen MR) is 121 cm³/mol. The number of halogens is 4. The van der Waals surface area contributed by atoms with Crippen LogP contribution in [0.15, 0.2) is 24.4 Å². The Morgan fingerprint density at radius 1 is 1.24 bits per heavy atom. The lowest BCUT2D eigenvalue weighted by atomic mass is 9.96. The van der Waals surface area contributed by atoms with Gasteiger partial charge in [0, 0.05) is 49.6 Å². The number of nitrogens with zero attached hydrogens (tertiary/aromatic N) is 3. The number of piperazine rings is 1. The second-order valence-corrected chi connectivity index (χ2v) is 9.77. The number of pyridine rings is 1. The van der Waals surface area contributed by atoms with E-state index in [4.69, 9.17) is 16.3 Å². The van der Waals surface area contributed by atoms with E-state index in [1.807, 2.05) is 19.1 Å². The Morgan fingerprint density at radius 2 is 2.00 bits per heavy atom. The summed E-state index contributed by atoms with van der Waals surface area (Å²) in [6.45, 7) is 5.22. The Bertz CT molecular complexity index is 1070. The highest BCUT2D eigenvalue weighted by molar-refractivity contribution is 6.34. The van der Waals surface area contributed by atoms with E-state index in [1.165, 1.54) is 0 Å². The first-order chi connectivity index (χ1) is 15.8. The molecule has 3 heterocycles. The topological polar surface area (TPSA) is 57.7 Å². The summed E-state index contributed by atoms with van der Waals surface area (Å²) in [4.78, 5) is 20.8. The van der Waals surface area contributed by atoms with Gasteiger partial charge in [-0.25, -0.2) is 18.2 Å². The van der Waals surface area contributed by atoms with Gasteiger partial charge in [-0.2, -0.15) is 0 Å². The van der Waals surface area contributed by atoms with Crippen molar-refractivity contribution in [3.8, 4) is 0 Å². The van der Waals surface area contributed by atoms with Crippen molar-refractivity contribution in [2.75, 3.05) is 49.6 Å². The van der Waals surface area contributed by atoms with Gasteiger partial charge in [0.2, 0.25) is 12.3 Å². The van der Waals surface area contributed by atoms with Crippen LogP contribution in [0.3, 0.4) is 0 Å². The molecule has 33 heavy (non-hydrogen) atoms. The lowest BCUT2D eigenvalue weighted by Crippen LogP contribution is -2.59. The molecular formula is C23H26ClF3N4O2. The van der Waals surface area contributed by atoms with Gasteiger partial charge in [0.25, 0.3) is 0 Å². The number of nitrogens with one attached hydrogen (secondary N) is 1. The average Bonchev–Trinajstić information content (AvgIpc) is 3.54. The highest BCUT2D eigenvalue weighted by Gasteiger charge is 2.49. The molecule has 4 atom stereocenters. The van der Waals surface area contributed by atoms with Crippen molar-refractivity contribution in [2.45, 2.75) is 31.5 Å². The number of carbonyl (C=O) groups is 1. The molecule has 1 aromatic heterocycles. The Labute approximate surface area is 195 Å². The van der Waals surface area contributed by atoms with Gasteiger partial charge in [-0.15, -0.1) is 0 Å². The summed E-state index contributed by atoms with van der Waals surface area (Å²) in [5.41, 5.74) is 0.264. The zero-order valence-electron chi connectivity index (χ0n) is 18.2. The molecule has 3 fully saturated rings. The number of hydrogen-bond donors (Lipinski definition) is 1. The molecule has 10 heteroatoms. The van der Waals surface area contributed by atoms with E-state index in [0.717, 1.165) is 16.5 Å². The molecule has 178 valence electrons. The highest BCUT2D eigenvalue weighted by Crippen LogP contribution is 2.44. The molecule has 1 N–H and O–H groups in total. The third-order valence-corrected chi connectivity index (χ3v) is 7.52. The fraction of sp³-hybridized carbons (Fsp3) is 0.565. The second kappa shape index (κ2) is 8.60. The molecule has 0 radical (unpaired) electrons. The van der Waals surface area contributed by atoms with Gasteiger partial charge in [-0.1, -0.05) is 11.6 Å². The number of amides is 1. The molecule has 5 rings (SSSR count). The van der Waals surface area contributed by atoms with Crippen LogP contribution in [0.1, 0.15) is 13.3 Å². The van der Waals surface area contributed by atoms with E-state index < -0.39 is 35.9 Å². The first-order valence-corrected chi connectivity index (χ1v) is 11.5. The Balaban J connectivity index is 1.30. The van der Waals surface area contributed by atoms with Crippen LogP contribution in [-0.2, 0) is 9.53 Å². The third kappa shape index (κ3) is 4.26. The number of aromatic nitrogens is 1. The molecule has 0 unspecified atom stereocenters.